The molecule has 0 unspecified atom stereocenters. The summed E-state index contributed by atoms with van der Waals surface area (Å²) in [6, 6.07) is 3.65. The second kappa shape index (κ2) is 4.14. The van der Waals surface area contributed by atoms with Crippen LogP contribution in [0.1, 0.15) is 0 Å². The van der Waals surface area contributed by atoms with E-state index in [2.05, 4.69) is 15.4 Å². The van der Waals surface area contributed by atoms with Crippen molar-refractivity contribution in [1.82, 2.24) is 14.8 Å². The van der Waals surface area contributed by atoms with Gasteiger partial charge in [-0.15, -0.1) is 0 Å². The third kappa shape index (κ3) is 1.67. The molecular weight excluding hydrogens is 204 g/mol. The fourth-order valence-corrected chi connectivity index (χ4v) is 1.52. The Bertz CT molecular complexity index is 548. The molecule has 0 atom stereocenters. The van der Waals surface area contributed by atoms with Crippen LogP contribution < -0.4 is 10.9 Å². The number of aryl methyl sites for hydroxylation is 1. The molecule has 2 rings (SSSR count). The minimum absolute atomic E-state index is 0.139. The molecule has 0 amide bonds. The highest BCUT2D eigenvalue weighted by molar-refractivity contribution is 5.75. The highest BCUT2D eigenvalue weighted by atomic mass is 16.1. The summed E-state index contributed by atoms with van der Waals surface area (Å²) in [5, 5.41) is 6.92. The first-order valence-electron chi connectivity index (χ1n) is 4.88. The number of nitrogens with zero attached hydrogens (tertiary/aromatic N) is 3. The van der Waals surface area contributed by atoms with E-state index in [1.807, 2.05) is 6.07 Å². The van der Waals surface area contributed by atoms with Crippen LogP contribution >= 0.6 is 0 Å². The smallest absolute Gasteiger partial charge is 0.276 e. The van der Waals surface area contributed by atoms with Crippen molar-refractivity contribution in [3.05, 3.63) is 41.1 Å². The molecule has 82 valence electrons. The lowest BCUT2D eigenvalue weighted by atomic mass is 10.1. The molecule has 5 heteroatoms. The normalized spacial score (nSPS) is 10.1. The molecule has 0 spiro atoms. The van der Waals surface area contributed by atoms with Crippen LogP contribution in [0.5, 0.6) is 0 Å². The zero-order valence-electron chi connectivity index (χ0n) is 9.14. The summed E-state index contributed by atoms with van der Waals surface area (Å²) in [6.07, 6.45) is 4.97. The van der Waals surface area contributed by atoms with Crippen LogP contribution in [0.3, 0.4) is 0 Å². The molecule has 5 nitrogen and oxygen atoms in total. The van der Waals surface area contributed by atoms with Gasteiger partial charge in [0, 0.05) is 32.1 Å². The first-order chi connectivity index (χ1) is 7.74. The molecule has 0 aliphatic carbocycles. The van der Waals surface area contributed by atoms with E-state index in [0.29, 0.717) is 11.3 Å². The number of hydrogen-bond donors (Lipinski definition) is 1. The molecule has 0 aromatic carbocycles. The maximum absolute atomic E-state index is 12.0. The number of rotatable bonds is 2. The van der Waals surface area contributed by atoms with Gasteiger partial charge >= 0.3 is 0 Å². The molecule has 2 heterocycles. The largest absolute Gasteiger partial charge is 0.386 e. The van der Waals surface area contributed by atoms with Gasteiger partial charge < -0.3 is 5.32 Å². The van der Waals surface area contributed by atoms with Gasteiger partial charge in [0.15, 0.2) is 0 Å². The van der Waals surface area contributed by atoms with Crippen molar-refractivity contribution in [2.75, 3.05) is 12.4 Å². The quantitative estimate of drug-likeness (QED) is 0.809. The fraction of sp³-hybridized carbons (Fsp3) is 0.182. The summed E-state index contributed by atoms with van der Waals surface area (Å²) >= 11 is 0. The molecule has 0 saturated carbocycles. The molecule has 0 aliphatic heterocycles. The summed E-state index contributed by atoms with van der Waals surface area (Å²) in [5.74, 6) is 0. The van der Waals surface area contributed by atoms with Crippen LogP contribution in [0.15, 0.2) is 35.5 Å². The standard InChI is InChI=1S/C11H12N4O/c1-12-9-7-14-15(2)11(16)10(9)8-4-3-5-13-6-8/h3-7,12H,1-2H3. The van der Waals surface area contributed by atoms with Crippen molar-refractivity contribution in [3.8, 4) is 11.1 Å². The van der Waals surface area contributed by atoms with Crippen LogP contribution in [0, 0.1) is 0 Å². The van der Waals surface area contributed by atoms with Crippen LogP contribution in [-0.2, 0) is 7.05 Å². The summed E-state index contributed by atoms with van der Waals surface area (Å²) in [5.41, 5.74) is 1.94. The van der Waals surface area contributed by atoms with E-state index >= 15 is 0 Å². The van der Waals surface area contributed by atoms with Gasteiger partial charge in [-0.25, -0.2) is 4.68 Å². The van der Waals surface area contributed by atoms with Gasteiger partial charge in [0.05, 0.1) is 17.4 Å². The Balaban J connectivity index is 2.73. The van der Waals surface area contributed by atoms with Gasteiger partial charge in [-0.05, 0) is 6.07 Å². The lowest BCUT2D eigenvalue weighted by Gasteiger charge is -2.08. The lowest BCUT2D eigenvalue weighted by molar-refractivity contribution is 0.710. The van der Waals surface area contributed by atoms with Gasteiger partial charge in [0.1, 0.15) is 0 Å². The highest BCUT2D eigenvalue weighted by Gasteiger charge is 2.10. The van der Waals surface area contributed by atoms with Crippen molar-refractivity contribution < 1.29 is 0 Å². The Morgan fingerprint density at radius 3 is 2.81 bits per heavy atom. The SMILES string of the molecule is CNc1cnn(C)c(=O)c1-c1cccnc1. The van der Waals surface area contributed by atoms with Crippen molar-refractivity contribution in [2.45, 2.75) is 0 Å². The second-order valence-corrected chi connectivity index (χ2v) is 3.35. The van der Waals surface area contributed by atoms with E-state index in [-0.39, 0.29) is 5.56 Å². The third-order valence-corrected chi connectivity index (χ3v) is 2.36. The van der Waals surface area contributed by atoms with Crippen LogP contribution in [-0.4, -0.2) is 21.8 Å². The van der Waals surface area contributed by atoms with Crippen molar-refractivity contribution in [3.63, 3.8) is 0 Å². The van der Waals surface area contributed by atoms with E-state index in [4.69, 9.17) is 0 Å². The van der Waals surface area contributed by atoms with Gasteiger partial charge in [-0.1, -0.05) is 6.07 Å². The van der Waals surface area contributed by atoms with Crippen molar-refractivity contribution >= 4 is 5.69 Å². The molecule has 0 fully saturated rings. The van der Waals surface area contributed by atoms with E-state index in [9.17, 15) is 4.79 Å². The van der Waals surface area contributed by atoms with E-state index in [1.54, 1.807) is 38.8 Å². The van der Waals surface area contributed by atoms with Gasteiger partial charge in [-0.3, -0.25) is 9.78 Å². The van der Waals surface area contributed by atoms with Crippen molar-refractivity contribution in [1.29, 1.82) is 0 Å². The zero-order valence-corrected chi connectivity index (χ0v) is 9.14. The van der Waals surface area contributed by atoms with Crippen LogP contribution in [0.25, 0.3) is 11.1 Å². The molecule has 2 aromatic heterocycles. The topological polar surface area (TPSA) is 59.8 Å². The summed E-state index contributed by atoms with van der Waals surface area (Å²) in [6.45, 7) is 0. The maximum atomic E-state index is 12.0. The van der Waals surface area contributed by atoms with Gasteiger partial charge in [-0.2, -0.15) is 5.10 Å². The fourth-order valence-electron chi connectivity index (χ4n) is 1.52. The minimum atomic E-state index is -0.139. The number of hydrogen-bond acceptors (Lipinski definition) is 4. The third-order valence-electron chi connectivity index (χ3n) is 2.36. The molecule has 0 radical (unpaired) electrons. The first kappa shape index (κ1) is 10.4. The first-order valence-corrected chi connectivity index (χ1v) is 4.88. The Kier molecular flexibility index (Phi) is 2.68. The molecule has 1 N–H and O–H groups in total. The van der Waals surface area contributed by atoms with E-state index in [1.165, 1.54) is 4.68 Å². The average Bonchev–Trinajstić information content (AvgIpc) is 2.33. The Morgan fingerprint density at radius 1 is 1.38 bits per heavy atom. The molecule has 0 aliphatic rings. The number of pyridine rings is 1. The van der Waals surface area contributed by atoms with Crippen molar-refractivity contribution in [2.24, 2.45) is 7.05 Å². The Hall–Kier alpha value is -2.17. The molecule has 0 saturated heterocycles. The molecule has 16 heavy (non-hydrogen) atoms. The molecule has 0 bridgehead atoms. The Labute approximate surface area is 92.8 Å². The molecular formula is C11H12N4O. The highest BCUT2D eigenvalue weighted by Crippen LogP contribution is 2.21. The second-order valence-electron chi connectivity index (χ2n) is 3.35. The zero-order chi connectivity index (χ0) is 11.5. The van der Waals surface area contributed by atoms with E-state index in [0.717, 1.165) is 5.56 Å². The number of anilines is 1. The van der Waals surface area contributed by atoms with E-state index < -0.39 is 0 Å². The van der Waals surface area contributed by atoms with Gasteiger partial charge in [0.2, 0.25) is 0 Å². The van der Waals surface area contributed by atoms with Gasteiger partial charge in [0.25, 0.3) is 5.56 Å². The predicted molar refractivity (Wildman–Crippen MR) is 62.3 cm³/mol. The predicted octanol–water partition coefficient (Wildman–Crippen LogP) is 0.884. The maximum Gasteiger partial charge on any atom is 0.276 e. The Morgan fingerprint density at radius 2 is 2.19 bits per heavy atom. The average molecular weight is 216 g/mol. The van der Waals surface area contributed by atoms with Crippen LogP contribution in [0.2, 0.25) is 0 Å². The lowest BCUT2D eigenvalue weighted by Crippen LogP contribution is -2.22. The summed E-state index contributed by atoms with van der Waals surface area (Å²) < 4.78 is 1.31. The molecule has 2 aromatic rings. The summed E-state index contributed by atoms with van der Waals surface area (Å²) in [4.78, 5) is 16.0. The summed E-state index contributed by atoms with van der Waals surface area (Å²) in [7, 11) is 3.39. The van der Waals surface area contributed by atoms with Crippen LogP contribution in [0.4, 0.5) is 5.69 Å². The number of nitrogens with one attached hydrogen (secondary N) is 1. The number of aromatic nitrogens is 3. The minimum Gasteiger partial charge on any atom is -0.386 e. The monoisotopic (exact) mass is 216 g/mol.